The Morgan fingerprint density at radius 2 is 1.89 bits per heavy atom. The van der Waals surface area contributed by atoms with Gasteiger partial charge in [0.1, 0.15) is 17.2 Å². The lowest BCUT2D eigenvalue weighted by molar-refractivity contribution is -0.158. The molecule has 4 aromatic rings. The molecule has 0 radical (unpaired) electrons. The topological polar surface area (TPSA) is 162 Å². The number of hydrogen-bond donors (Lipinski definition) is 3. The molecule has 232 valence electrons. The van der Waals surface area contributed by atoms with Crippen molar-refractivity contribution in [3.8, 4) is 11.3 Å². The molecule has 2 saturated heterocycles. The normalized spacial score (nSPS) is 16.0. The molecule has 44 heavy (non-hydrogen) atoms. The summed E-state index contributed by atoms with van der Waals surface area (Å²) in [5.74, 6) is 0.567. The van der Waals surface area contributed by atoms with Crippen molar-refractivity contribution in [2.75, 3.05) is 48.3 Å². The number of nitrogens with zero attached hydrogens (tertiary/aromatic N) is 6. The summed E-state index contributed by atoms with van der Waals surface area (Å²) >= 11 is 0. The zero-order valence-corrected chi connectivity index (χ0v) is 25.3. The van der Waals surface area contributed by atoms with Crippen molar-refractivity contribution >= 4 is 40.9 Å². The van der Waals surface area contributed by atoms with Gasteiger partial charge in [-0.25, -0.2) is 14.8 Å². The van der Waals surface area contributed by atoms with Gasteiger partial charge in [-0.1, -0.05) is 6.07 Å². The second kappa shape index (κ2) is 11.8. The number of rotatable bonds is 8. The fourth-order valence-electron chi connectivity index (χ4n) is 5.30. The Kier molecular flexibility index (Phi) is 7.84. The van der Waals surface area contributed by atoms with E-state index in [-0.39, 0.29) is 17.5 Å². The summed E-state index contributed by atoms with van der Waals surface area (Å²) in [5.41, 5.74) is 1.98. The van der Waals surface area contributed by atoms with Crippen LogP contribution in [0.15, 0.2) is 41.1 Å². The molecule has 2 fully saturated rings. The zero-order valence-electron chi connectivity index (χ0n) is 25.3. The summed E-state index contributed by atoms with van der Waals surface area (Å²) in [6.45, 7) is 8.25. The maximum absolute atomic E-state index is 13.8. The number of fused-ring (bicyclic) bond motifs is 1. The van der Waals surface area contributed by atoms with Gasteiger partial charge in [-0.2, -0.15) is 10.1 Å². The molecule has 1 spiro atoms. The van der Waals surface area contributed by atoms with Crippen LogP contribution >= 0.6 is 0 Å². The molecular weight excluding hydrogens is 566 g/mol. The van der Waals surface area contributed by atoms with Crippen LogP contribution in [-0.4, -0.2) is 80.7 Å². The van der Waals surface area contributed by atoms with E-state index in [1.165, 1.54) is 0 Å². The molecule has 14 nitrogen and oxygen atoms in total. The maximum Gasteiger partial charge on any atom is 0.407 e. The number of aromatic nitrogens is 5. The molecule has 0 aliphatic carbocycles. The van der Waals surface area contributed by atoms with E-state index in [1.54, 1.807) is 43.8 Å². The third-order valence-electron chi connectivity index (χ3n) is 7.61. The van der Waals surface area contributed by atoms with Crippen LogP contribution in [0, 0.1) is 0 Å². The van der Waals surface area contributed by atoms with Crippen molar-refractivity contribution in [1.29, 1.82) is 0 Å². The number of piperidine rings is 1. The first-order valence-corrected chi connectivity index (χ1v) is 14.7. The third-order valence-corrected chi connectivity index (χ3v) is 7.61. The fourth-order valence-corrected chi connectivity index (χ4v) is 5.30. The van der Waals surface area contributed by atoms with Crippen LogP contribution in [0.1, 0.15) is 50.4 Å². The summed E-state index contributed by atoms with van der Waals surface area (Å²) in [7, 11) is 1.84. The monoisotopic (exact) mass is 603 g/mol. The first-order chi connectivity index (χ1) is 21.1. The molecule has 0 aromatic carbocycles. The van der Waals surface area contributed by atoms with Crippen molar-refractivity contribution in [3.63, 3.8) is 0 Å². The highest BCUT2D eigenvalue weighted by atomic mass is 16.6. The van der Waals surface area contributed by atoms with Crippen molar-refractivity contribution in [1.82, 2.24) is 30.0 Å². The largest absolute Gasteiger partial charge is 0.444 e. The SMILES string of the molecule is Cn1cc(-c2cccc(NC(=O)c3cc4oc(NCCNC(=O)OC(C)(C)C)nc4nc3N3CCC4(CCO4)CC3)n2)cn1. The van der Waals surface area contributed by atoms with Crippen LogP contribution in [0.5, 0.6) is 0 Å². The van der Waals surface area contributed by atoms with Crippen LogP contribution < -0.4 is 20.9 Å². The Hall–Kier alpha value is -4.72. The molecule has 3 N–H and O–H groups in total. The number of oxazole rings is 1. The number of ether oxygens (including phenoxy) is 2. The zero-order chi connectivity index (χ0) is 30.9. The number of alkyl carbamates (subject to hydrolysis) is 1. The van der Waals surface area contributed by atoms with Crippen LogP contribution in [-0.2, 0) is 16.5 Å². The first kappa shape index (κ1) is 29.4. The number of amides is 2. The van der Waals surface area contributed by atoms with Crippen molar-refractivity contribution in [2.45, 2.75) is 51.2 Å². The standard InChI is InChI=1S/C30H37N9O5/c1-29(2,3)44-28(41)32-12-11-31-27-37-24-22(43-27)16-20(25(36-24)39-13-8-30(9-14-39)10-15-42-30)26(40)35-23-7-5-6-21(34-23)19-17-33-38(4)18-19/h5-7,16-18H,8-15H2,1-4H3,(H,32,41)(H,31,36,37)(H,34,35,40). The number of carbonyl (C=O) groups is 2. The highest BCUT2D eigenvalue weighted by molar-refractivity contribution is 6.08. The van der Waals surface area contributed by atoms with Gasteiger partial charge >= 0.3 is 6.09 Å². The Morgan fingerprint density at radius 1 is 1.09 bits per heavy atom. The van der Waals surface area contributed by atoms with Gasteiger partial charge in [0.25, 0.3) is 11.9 Å². The van der Waals surface area contributed by atoms with E-state index >= 15 is 0 Å². The predicted octanol–water partition coefficient (Wildman–Crippen LogP) is 3.97. The molecule has 0 saturated carbocycles. The molecule has 2 amide bonds. The van der Waals surface area contributed by atoms with Gasteiger partial charge in [-0.15, -0.1) is 0 Å². The van der Waals surface area contributed by atoms with Crippen molar-refractivity contribution < 1.29 is 23.5 Å². The molecular formula is C30H37N9O5. The first-order valence-electron chi connectivity index (χ1n) is 14.7. The average molecular weight is 604 g/mol. The Morgan fingerprint density at radius 3 is 2.57 bits per heavy atom. The number of carbonyl (C=O) groups excluding carboxylic acids is 2. The molecule has 0 bridgehead atoms. The second-order valence-corrected chi connectivity index (χ2v) is 12.1. The van der Waals surface area contributed by atoms with Gasteiger partial charge in [-0.3, -0.25) is 9.48 Å². The minimum atomic E-state index is -0.580. The molecule has 2 aliphatic rings. The van der Waals surface area contributed by atoms with E-state index in [9.17, 15) is 9.59 Å². The van der Waals surface area contributed by atoms with E-state index in [4.69, 9.17) is 18.9 Å². The summed E-state index contributed by atoms with van der Waals surface area (Å²) in [6.07, 6.45) is 5.86. The Balaban J connectivity index is 1.21. The van der Waals surface area contributed by atoms with Gasteiger partial charge in [0.05, 0.1) is 29.7 Å². The summed E-state index contributed by atoms with van der Waals surface area (Å²) in [6, 6.07) is 7.34. The van der Waals surface area contributed by atoms with Crippen LogP contribution in [0.25, 0.3) is 22.5 Å². The van der Waals surface area contributed by atoms with Gasteiger partial charge in [0, 0.05) is 51.1 Å². The minimum absolute atomic E-state index is 0.0575. The second-order valence-electron chi connectivity index (χ2n) is 12.1. The van der Waals surface area contributed by atoms with E-state index in [0.29, 0.717) is 60.3 Å². The lowest BCUT2D eigenvalue weighted by atomic mass is 9.84. The molecule has 2 aliphatic heterocycles. The van der Waals surface area contributed by atoms with E-state index in [2.05, 4.69) is 35.9 Å². The average Bonchev–Trinajstić information content (AvgIpc) is 3.58. The van der Waals surface area contributed by atoms with Gasteiger partial charge in [0.15, 0.2) is 5.58 Å². The van der Waals surface area contributed by atoms with Gasteiger partial charge in [-0.05, 0) is 52.2 Å². The quantitative estimate of drug-likeness (QED) is 0.250. The lowest BCUT2D eigenvalue weighted by Crippen LogP contribution is -2.52. The van der Waals surface area contributed by atoms with E-state index < -0.39 is 11.7 Å². The fraction of sp³-hybridized carbons (Fsp3) is 0.467. The highest BCUT2D eigenvalue weighted by Gasteiger charge is 2.42. The van der Waals surface area contributed by atoms with Crippen molar-refractivity contribution in [2.24, 2.45) is 7.05 Å². The molecule has 6 rings (SSSR count). The predicted molar refractivity (Wildman–Crippen MR) is 164 cm³/mol. The number of nitrogens with one attached hydrogen (secondary N) is 3. The molecule has 14 heteroatoms. The number of hydrogen-bond acceptors (Lipinski definition) is 11. The Bertz CT molecular complexity index is 1660. The van der Waals surface area contributed by atoms with Gasteiger partial charge < -0.3 is 34.7 Å². The smallest absolute Gasteiger partial charge is 0.407 e. The van der Waals surface area contributed by atoms with Gasteiger partial charge in [0.2, 0.25) is 5.65 Å². The number of pyridine rings is 2. The van der Waals surface area contributed by atoms with Crippen LogP contribution in [0.2, 0.25) is 0 Å². The Labute approximate surface area is 254 Å². The van der Waals surface area contributed by atoms with E-state index in [1.807, 2.05) is 25.4 Å². The third kappa shape index (κ3) is 6.59. The lowest BCUT2D eigenvalue weighted by Gasteiger charge is -2.48. The summed E-state index contributed by atoms with van der Waals surface area (Å²) < 4.78 is 18.8. The number of aryl methyl sites for hydroxylation is 1. The maximum atomic E-state index is 13.8. The molecule has 0 atom stereocenters. The summed E-state index contributed by atoms with van der Waals surface area (Å²) in [5, 5.41) is 12.9. The minimum Gasteiger partial charge on any atom is -0.444 e. The molecule has 4 aromatic heterocycles. The molecule has 0 unspecified atom stereocenters. The number of anilines is 3. The highest BCUT2D eigenvalue weighted by Crippen LogP contribution is 2.38. The van der Waals surface area contributed by atoms with E-state index in [0.717, 1.165) is 31.4 Å². The van der Waals surface area contributed by atoms with Crippen LogP contribution in [0.3, 0.4) is 0 Å². The van der Waals surface area contributed by atoms with Crippen molar-refractivity contribution in [3.05, 3.63) is 42.2 Å². The molecule has 6 heterocycles. The summed E-state index contributed by atoms with van der Waals surface area (Å²) in [4.78, 5) is 41.7. The van der Waals surface area contributed by atoms with Crippen LogP contribution in [0.4, 0.5) is 22.4 Å².